The number of anilines is 2. The molecule has 1 atom stereocenters. The lowest BCUT2D eigenvalue weighted by Crippen LogP contribution is -2.28. The lowest BCUT2D eigenvalue weighted by Gasteiger charge is -2.17. The van der Waals surface area contributed by atoms with E-state index in [4.69, 9.17) is 4.74 Å². The van der Waals surface area contributed by atoms with Gasteiger partial charge in [0.25, 0.3) is 5.91 Å². The number of carbonyl (C=O) groups is 3. The molecule has 1 aliphatic rings. The predicted molar refractivity (Wildman–Crippen MR) is 102 cm³/mol. The fourth-order valence-electron chi connectivity index (χ4n) is 3.04. The summed E-state index contributed by atoms with van der Waals surface area (Å²) < 4.78 is 18.9. The standard InChI is InChI=1S/C21H21FN2O4/c1-13-7-8-16(9-14(13)2)23-19(25)12-28-21(27)15-10-20(26)24(11-15)18-6-4-3-5-17(18)22/h3-9,15H,10-12H2,1-2H3,(H,23,25)/t15-/m1/s1. The van der Waals surface area contributed by atoms with Crippen molar-refractivity contribution in [2.45, 2.75) is 20.3 Å². The van der Waals surface area contributed by atoms with Crippen LogP contribution in [0.2, 0.25) is 0 Å². The van der Waals surface area contributed by atoms with Crippen LogP contribution < -0.4 is 10.2 Å². The van der Waals surface area contributed by atoms with E-state index in [-0.39, 0.29) is 24.6 Å². The SMILES string of the molecule is Cc1ccc(NC(=O)COC(=O)[C@@H]2CC(=O)N(c3ccccc3F)C2)cc1C. The highest BCUT2D eigenvalue weighted by atomic mass is 19.1. The molecule has 0 unspecified atom stereocenters. The molecule has 6 nitrogen and oxygen atoms in total. The number of rotatable bonds is 5. The van der Waals surface area contributed by atoms with Gasteiger partial charge in [0, 0.05) is 18.7 Å². The molecular weight excluding hydrogens is 363 g/mol. The van der Waals surface area contributed by atoms with E-state index in [1.54, 1.807) is 12.1 Å². The van der Waals surface area contributed by atoms with Gasteiger partial charge >= 0.3 is 5.97 Å². The van der Waals surface area contributed by atoms with Crippen molar-refractivity contribution in [3.8, 4) is 0 Å². The van der Waals surface area contributed by atoms with Gasteiger partial charge in [0.1, 0.15) is 5.82 Å². The number of hydrogen-bond donors (Lipinski definition) is 1. The number of ether oxygens (including phenoxy) is 1. The molecule has 7 heteroatoms. The highest BCUT2D eigenvalue weighted by molar-refractivity contribution is 6.00. The third-order valence-corrected chi connectivity index (χ3v) is 4.74. The molecule has 0 aromatic heterocycles. The van der Waals surface area contributed by atoms with Crippen LogP contribution in [0.1, 0.15) is 17.5 Å². The van der Waals surface area contributed by atoms with E-state index >= 15 is 0 Å². The second kappa shape index (κ2) is 8.21. The molecule has 0 bridgehead atoms. The van der Waals surface area contributed by atoms with Gasteiger partial charge in [-0.3, -0.25) is 14.4 Å². The van der Waals surface area contributed by atoms with E-state index in [1.165, 1.54) is 23.1 Å². The normalized spacial score (nSPS) is 16.2. The van der Waals surface area contributed by atoms with Gasteiger partial charge in [0.2, 0.25) is 5.91 Å². The Balaban J connectivity index is 1.54. The zero-order valence-electron chi connectivity index (χ0n) is 15.7. The Kier molecular flexibility index (Phi) is 5.73. The minimum atomic E-state index is -0.735. The lowest BCUT2D eigenvalue weighted by molar-refractivity contribution is -0.151. The first-order valence-corrected chi connectivity index (χ1v) is 8.94. The topological polar surface area (TPSA) is 75.7 Å². The maximum Gasteiger partial charge on any atom is 0.311 e. The first-order chi connectivity index (χ1) is 13.3. The van der Waals surface area contributed by atoms with Crippen LogP contribution in [0.5, 0.6) is 0 Å². The Bertz CT molecular complexity index is 928. The Hall–Kier alpha value is -3.22. The highest BCUT2D eigenvalue weighted by Crippen LogP contribution is 2.27. The van der Waals surface area contributed by atoms with Crippen molar-refractivity contribution in [1.29, 1.82) is 0 Å². The van der Waals surface area contributed by atoms with Crippen LogP contribution in [0.25, 0.3) is 0 Å². The first kappa shape index (κ1) is 19.5. The van der Waals surface area contributed by atoms with Crippen molar-refractivity contribution < 1.29 is 23.5 Å². The summed E-state index contributed by atoms with van der Waals surface area (Å²) >= 11 is 0. The zero-order valence-corrected chi connectivity index (χ0v) is 15.7. The number of hydrogen-bond acceptors (Lipinski definition) is 4. The molecule has 2 aromatic rings. The molecule has 1 aliphatic heterocycles. The smallest absolute Gasteiger partial charge is 0.311 e. The number of halogens is 1. The van der Waals surface area contributed by atoms with Crippen LogP contribution >= 0.6 is 0 Å². The number of carbonyl (C=O) groups excluding carboxylic acids is 3. The summed E-state index contributed by atoms with van der Waals surface area (Å²) in [6.45, 7) is 3.48. The van der Waals surface area contributed by atoms with Crippen LogP contribution in [-0.2, 0) is 19.1 Å². The Labute approximate surface area is 162 Å². The second-order valence-corrected chi connectivity index (χ2v) is 6.81. The van der Waals surface area contributed by atoms with Crippen molar-refractivity contribution in [3.05, 3.63) is 59.4 Å². The maximum atomic E-state index is 13.9. The number of aryl methyl sites for hydroxylation is 2. The fraction of sp³-hybridized carbons (Fsp3) is 0.286. The number of amides is 2. The molecule has 1 saturated heterocycles. The maximum absolute atomic E-state index is 13.9. The average Bonchev–Trinajstić information content (AvgIpc) is 3.05. The van der Waals surface area contributed by atoms with E-state index in [0.29, 0.717) is 5.69 Å². The summed E-state index contributed by atoms with van der Waals surface area (Å²) in [5.41, 5.74) is 2.89. The third-order valence-electron chi connectivity index (χ3n) is 4.74. The predicted octanol–water partition coefficient (Wildman–Crippen LogP) is 2.98. The molecule has 2 aromatic carbocycles. The Morgan fingerprint density at radius 1 is 1.18 bits per heavy atom. The minimum Gasteiger partial charge on any atom is -0.455 e. The Morgan fingerprint density at radius 2 is 1.93 bits per heavy atom. The number of para-hydroxylation sites is 1. The summed E-state index contributed by atoms with van der Waals surface area (Å²) in [6, 6.07) is 11.4. The number of esters is 1. The van der Waals surface area contributed by atoms with Crippen LogP contribution in [0, 0.1) is 25.6 Å². The van der Waals surface area contributed by atoms with Crippen LogP contribution in [-0.4, -0.2) is 30.9 Å². The van der Waals surface area contributed by atoms with Gasteiger partial charge < -0.3 is 15.0 Å². The molecule has 28 heavy (non-hydrogen) atoms. The van der Waals surface area contributed by atoms with Gasteiger partial charge in [-0.25, -0.2) is 4.39 Å². The number of nitrogens with one attached hydrogen (secondary N) is 1. The van der Waals surface area contributed by atoms with Crippen molar-refractivity contribution in [2.75, 3.05) is 23.4 Å². The van der Waals surface area contributed by atoms with Gasteiger partial charge in [-0.15, -0.1) is 0 Å². The van der Waals surface area contributed by atoms with Crippen LogP contribution in [0.4, 0.5) is 15.8 Å². The van der Waals surface area contributed by atoms with Gasteiger partial charge in [-0.2, -0.15) is 0 Å². The quantitative estimate of drug-likeness (QED) is 0.804. The van der Waals surface area contributed by atoms with E-state index in [1.807, 2.05) is 26.0 Å². The summed E-state index contributed by atoms with van der Waals surface area (Å²) in [4.78, 5) is 37.6. The van der Waals surface area contributed by atoms with E-state index in [9.17, 15) is 18.8 Å². The third kappa shape index (κ3) is 4.36. The van der Waals surface area contributed by atoms with Crippen molar-refractivity contribution in [3.63, 3.8) is 0 Å². The Morgan fingerprint density at radius 3 is 2.64 bits per heavy atom. The molecular formula is C21H21FN2O4. The zero-order chi connectivity index (χ0) is 20.3. The average molecular weight is 384 g/mol. The number of benzene rings is 2. The molecule has 2 amide bonds. The van der Waals surface area contributed by atoms with Crippen LogP contribution in [0.3, 0.4) is 0 Å². The highest BCUT2D eigenvalue weighted by Gasteiger charge is 2.37. The van der Waals surface area contributed by atoms with E-state index in [0.717, 1.165) is 11.1 Å². The van der Waals surface area contributed by atoms with Crippen molar-refractivity contribution in [1.82, 2.24) is 0 Å². The monoisotopic (exact) mass is 384 g/mol. The van der Waals surface area contributed by atoms with Crippen molar-refractivity contribution >= 4 is 29.2 Å². The molecule has 0 aliphatic carbocycles. The molecule has 146 valence electrons. The molecule has 0 radical (unpaired) electrons. The van der Waals surface area contributed by atoms with E-state index < -0.39 is 30.2 Å². The van der Waals surface area contributed by atoms with Gasteiger partial charge in [-0.1, -0.05) is 18.2 Å². The van der Waals surface area contributed by atoms with Gasteiger partial charge in [-0.05, 0) is 49.2 Å². The summed E-state index contributed by atoms with van der Waals surface area (Å²) in [6.07, 6.45) is -0.0774. The summed E-state index contributed by atoms with van der Waals surface area (Å²) in [5.74, 6) is -2.74. The van der Waals surface area contributed by atoms with E-state index in [2.05, 4.69) is 5.32 Å². The summed E-state index contributed by atoms with van der Waals surface area (Å²) in [5, 5.41) is 2.66. The van der Waals surface area contributed by atoms with Crippen LogP contribution in [0.15, 0.2) is 42.5 Å². The fourth-order valence-corrected chi connectivity index (χ4v) is 3.04. The van der Waals surface area contributed by atoms with Gasteiger partial charge in [0.05, 0.1) is 11.6 Å². The van der Waals surface area contributed by atoms with Gasteiger partial charge in [0.15, 0.2) is 6.61 Å². The number of nitrogens with zero attached hydrogens (tertiary/aromatic N) is 1. The molecule has 0 saturated carbocycles. The molecule has 3 rings (SSSR count). The largest absolute Gasteiger partial charge is 0.455 e. The minimum absolute atomic E-state index is 0.0252. The summed E-state index contributed by atoms with van der Waals surface area (Å²) in [7, 11) is 0. The molecule has 0 spiro atoms. The lowest BCUT2D eigenvalue weighted by atomic mass is 10.1. The van der Waals surface area contributed by atoms with Crippen molar-refractivity contribution in [2.24, 2.45) is 5.92 Å². The molecule has 1 fully saturated rings. The molecule has 1 N–H and O–H groups in total. The molecule has 1 heterocycles. The second-order valence-electron chi connectivity index (χ2n) is 6.81. The first-order valence-electron chi connectivity index (χ1n) is 8.94.